The summed E-state index contributed by atoms with van der Waals surface area (Å²) in [6.45, 7) is 0. The van der Waals surface area contributed by atoms with Crippen molar-refractivity contribution in [1.82, 2.24) is 9.55 Å². The van der Waals surface area contributed by atoms with Crippen LogP contribution in [0.15, 0.2) is 43.0 Å². The number of anilines is 2. The van der Waals surface area contributed by atoms with E-state index in [1.165, 1.54) is 17.1 Å². The molecule has 1 aliphatic rings. The smallest absolute Gasteiger partial charge is 0.326 e. The topological polar surface area (TPSA) is 76.0 Å². The maximum atomic E-state index is 11.8. The lowest BCUT2D eigenvalue weighted by Crippen LogP contribution is -2.17. The predicted octanol–water partition coefficient (Wildman–Crippen LogP) is 2.31. The molecule has 0 atom stereocenters. The molecule has 1 aliphatic carbocycles. The molecule has 1 heterocycles. The molecule has 20 heavy (non-hydrogen) atoms. The minimum absolute atomic E-state index is 0.0696. The molecule has 1 saturated carbocycles. The van der Waals surface area contributed by atoms with E-state index in [-0.39, 0.29) is 17.9 Å². The van der Waals surface area contributed by atoms with E-state index < -0.39 is 0 Å². The Labute approximate surface area is 115 Å². The lowest BCUT2D eigenvalue weighted by atomic mass is 10.2. The number of carbonyl (C=O) groups is 2. The molecule has 0 unspecified atom stereocenters. The number of carbonyl (C=O) groups excluding carboxylic acids is 2. The van der Waals surface area contributed by atoms with E-state index >= 15 is 0 Å². The van der Waals surface area contributed by atoms with Crippen LogP contribution >= 0.6 is 0 Å². The summed E-state index contributed by atoms with van der Waals surface area (Å²) in [5.41, 5.74) is 1.40. The lowest BCUT2D eigenvalue weighted by Gasteiger charge is -2.07. The average Bonchev–Trinajstić information content (AvgIpc) is 3.16. The summed E-state index contributed by atoms with van der Waals surface area (Å²) in [7, 11) is 0. The summed E-state index contributed by atoms with van der Waals surface area (Å²) >= 11 is 0. The van der Waals surface area contributed by atoms with Gasteiger partial charge in [0.25, 0.3) is 0 Å². The number of imidazole rings is 1. The fourth-order valence-corrected chi connectivity index (χ4v) is 1.79. The Morgan fingerprint density at radius 3 is 2.30 bits per heavy atom. The van der Waals surface area contributed by atoms with Crippen LogP contribution in [0.2, 0.25) is 0 Å². The number of aromatic nitrogens is 2. The molecule has 2 amide bonds. The second kappa shape index (κ2) is 5.16. The Morgan fingerprint density at radius 1 is 1.10 bits per heavy atom. The van der Waals surface area contributed by atoms with Gasteiger partial charge in [-0.3, -0.25) is 9.36 Å². The van der Waals surface area contributed by atoms with Crippen LogP contribution in [-0.4, -0.2) is 21.5 Å². The molecule has 2 aromatic rings. The molecule has 6 heteroatoms. The van der Waals surface area contributed by atoms with Gasteiger partial charge in [-0.25, -0.2) is 9.78 Å². The average molecular weight is 270 g/mol. The van der Waals surface area contributed by atoms with E-state index in [4.69, 9.17) is 0 Å². The number of rotatable bonds is 3. The van der Waals surface area contributed by atoms with Gasteiger partial charge >= 0.3 is 6.03 Å². The van der Waals surface area contributed by atoms with Crippen molar-refractivity contribution in [3.8, 4) is 0 Å². The van der Waals surface area contributed by atoms with Crippen molar-refractivity contribution in [2.45, 2.75) is 12.8 Å². The predicted molar refractivity (Wildman–Crippen MR) is 74.4 cm³/mol. The van der Waals surface area contributed by atoms with E-state index in [1.54, 1.807) is 30.5 Å². The first-order valence-corrected chi connectivity index (χ1v) is 6.42. The first kappa shape index (κ1) is 12.4. The van der Waals surface area contributed by atoms with Crippen molar-refractivity contribution in [3.05, 3.63) is 43.0 Å². The zero-order valence-electron chi connectivity index (χ0n) is 10.7. The Kier molecular flexibility index (Phi) is 3.20. The van der Waals surface area contributed by atoms with Gasteiger partial charge in [-0.05, 0) is 37.1 Å². The standard InChI is InChI=1S/C14H14N4O2/c19-13(10-1-2-10)16-11-3-5-12(6-4-11)17-14(20)18-8-7-15-9-18/h3-10H,1-2H2,(H,16,19)(H,17,20). The van der Waals surface area contributed by atoms with Crippen LogP contribution < -0.4 is 10.6 Å². The summed E-state index contributed by atoms with van der Waals surface area (Å²) in [5, 5.41) is 5.58. The van der Waals surface area contributed by atoms with Gasteiger partial charge in [-0.15, -0.1) is 0 Å². The van der Waals surface area contributed by atoms with Gasteiger partial charge in [0.1, 0.15) is 6.33 Å². The third-order valence-corrected chi connectivity index (χ3v) is 3.09. The molecule has 2 N–H and O–H groups in total. The number of amides is 2. The van der Waals surface area contributed by atoms with E-state index in [9.17, 15) is 9.59 Å². The first-order valence-electron chi connectivity index (χ1n) is 6.42. The lowest BCUT2D eigenvalue weighted by molar-refractivity contribution is -0.117. The summed E-state index contributed by atoms with van der Waals surface area (Å²) in [6.07, 6.45) is 6.49. The number of benzene rings is 1. The Morgan fingerprint density at radius 2 is 1.75 bits per heavy atom. The van der Waals surface area contributed by atoms with Gasteiger partial charge in [-0.1, -0.05) is 0 Å². The van der Waals surface area contributed by atoms with Crippen LogP contribution in [-0.2, 0) is 4.79 Å². The van der Waals surface area contributed by atoms with Gasteiger partial charge in [0.05, 0.1) is 0 Å². The minimum atomic E-state index is -0.280. The molecule has 1 fully saturated rings. The third kappa shape index (κ3) is 2.85. The Hall–Kier alpha value is -2.63. The molecule has 0 spiro atoms. The highest BCUT2D eigenvalue weighted by molar-refractivity contribution is 5.95. The number of nitrogens with one attached hydrogen (secondary N) is 2. The maximum absolute atomic E-state index is 11.8. The SMILES string of the molecule is O=C(Nc1ccc(NC(=O)n2ccnc2)cc1)C1CC1. The first-order chi connectivity index (χ1) is 9.72. The zero-order chi connectivity index (χ0) is 13.9. The van der Waals surface area contributed by atoms with Crippen molar-refractivity contribution >= 4 is 23.3 Å². The van der Waals surface area contributed by atoms with Crippen LogP contribution in [0.1, 0.15) is 12.8 Å². The van der Waals surface area contributed by atoms with Crippen LogP contribution in [0.3, 0.4) is 0 Å². The van der Waals surface area contributed by atoms with E-state index in [2.05, 4.69) is 15.6 Å². The number of hydrogen-bond acceptors (Lipinski definition) is 3. The van der Waals surface area contributed by atoms with Gasteiger partial charge in [-0.2, -0.15) is 0 Å². The quantitative estimate of drug-likeness (QED) is 0.898. The zero-order valence-corrected chi connectivity index (χ0v) is 10.7. The third-order valence-electron chi connectivity index (χ3n) is 3.09. The van der Waals surface area contributed by atoms with E-state index in [0.717, 1.165) is 18.5 Å². The molecule has 0 bridgehead atoms. The second-order valence-corrected chi connectivity index (χ2v) is 4.74. The molecule has 0 radical (unpaired) electrons. The van der Waals surface area contributed by atoms with Crippen LogP contribution in [0.5, 0.6) is 0 Å². The highest BCUT2D eigenvalue weighted by Crippen LogP contribution is 2.30. The largest absolute Gasteiger partial charge is 0.331 e. The number of nitrogens with zero attached hydrogens (tertiary/aromatic N) is 2. The van der Waals surface area contributed by atoms with E-state index in [1.807, 2.05) is 0 Å². The Balaban J connectivity index is 1.61. The summed E-state index contributed by atoms with van der Waals surface area (Å²) in [6, 6.07) is 6.75. The summed E-state index contributed by atoms with van der Waals surface area (Å²) in [4.78, 5) is 27.2. The normalized spacial score (nSPS) is 13.8. The molecular formula is C14H14N4O2. The van der Waals surface area contributed by atoms with Gasteiger partial charge in [0.15, 0.2) is 0 Å². The molecule has 102 valence electrons. The monoisotopic (exact) mass is 270 g/mol. The second-order valence-electron chi connectivity index (χ2n) is 4.74. The molecule has 1 aromatic heterocycles. The van der Waals surface area contributed by atoms with Crippen molar-refractivity contribution < 1.29 is 9.59 Å². The van der Waals surface area contributed by atoms with Crippen LogP contribution in [0, 0.1) is 5.92 Å². The van der Waals surface area contributed by atoms with E-state index in [0.29, 0.717) is 5.69 Å². The van der Waals surface area contributed by atoms with Gasteiger partial charge in [0.2, 0.25) is 5.91 Å². The van der Waals surface area contributed by atoms with Gasteiger partial charge < -0.3 is 10.6 Å². The summed E-state index contributed by atoms with van der Waals surface area (Å²) in [5.74, 6) is 0.246. The fourth-order valence-electron chi connectivity index (χ4n) is 1.79. The highest BCUT2D eigenvalue weighted by Gasteiger charge is 2.29. The van der Waals surface area contributed by atoms with Crippen molar-refractivity contribution in [1.29, 1.82) is 0 Å². The van der Waals surface area contributed by atoms with Gasteiger partial charge in [0, 0.05) is 29.7 Å². The fraction of sp³-hybridized carbons (Fsp3) is 0.214. The van der Waals surface area contributed by atoms with Crippen molar-refractivity contribution in [2.75, 3.05) is 10.6 Å². The summed E-state index contributed by atoms with van der Waals surface area (Å²) < 4.78 is 1.35. The van der Waals surface area contributed by atoms with Crippen LogP contribution in [0.25, 0.3) is 0 Å². The number of hydrogen-bond donors (Lipinski definition) is 2. The van der Waals surface area contributed by atoms with Crippen molar-refractivity contribution in [3.63, 3.8) is 0 Å². The molecule has 3 rings (SSSR count). The van der Waals surface area contributed by atoms with Crippen molar-refractivity contribution in [2.24, 2.45) is 5.92 Å². The molecule has 0 aliphatic heterocycles. The maximum Gasteiger partial charge on any atom is 0.331 e. The molecule has 1 aromatic carbocycles. The highest BCUT2D eigenvalue weighted by atomic mass is 16.2. The molecular weight excluding hydrogens is 256 g/mol. The van der Waals surface area contributed by atoms with Crippen LogP contribution in [0.4, 0.5) is 16.2 Å². The Bertz CT molecular complexity index is 615. The minimum Gasteiger partial charge on any atom is -0.326 e. The molecule has 0 saturated heterocycles. The molecule has 6 nitrogen and oxygen atoms in total.